The summed E-state index contributed by atoms with van der Waals surface area (Å²) in [5, 5.41) is 18.1. The zero-order chi connectivity index (χ0) is 29.2. The van der Waals surface area contributed by atoms with E-state index in [1.165, 1.54) is 53.1 Å². The van der Waals surface area contributed by atoms with Crippen molar-refractivity contribution in [1.29, 1.82) is 5.26 Å². The van der Waals surface area contributed by atoms with Gasteiger partial charge in [0.1, 0.15) is 11.9 Å². The standard InChI is InChI=1S/C39H26N4S/c40-23-24-16-18-25(19-17-24)36-32-12-1-4-13-33(32)41-39(42-36)26-8-7-9-27(22-26)43-34-14-5-2-10-28(34)30-20-21-31-29-11-3-6-15-35(29)44-38(31)37(30)43/h1-16,18,20-22,36H,17,19H2,(H,41,42). The highest BCUT2D eigenvalue weighted by molar-refractivity contribution is 7.26. The van der Waals surface area contributed by atoms with Gasteiger partial charge in [-0.25, -0.2) is 0 Å². The van der Waals surface area contributed by atoms with Crippen molar-refractivity contribution in [2.45, 2.75) is 18.9 Å². The van der Waals surface area contributed by atoms with E-state index < -0.39 is 0 Å². The number of allylic oxidation sites excluding steroid dienone is 3. The molecule has 2 aliphatic rings. The Morgan fingerprint density at radius 3 is 2.48 bits per heavy atom. The molecule has 1 aliphatic carbocycles. The first-order chi connectivity index (χ1) is 21.8. The molecule has 5 heteroatoms. The van der Waals surface area contributed by atoms with Crippen LogP contribution in [-0.4, -0.2) is 10.4 Å². The quantitative estimate of drug-likeness (QED) is 0.225. The van der Waals surface area contributed by atoms with Crippen LogP contribution < -0.4 is 5.32 Å². The molecule has 208 valence electrons. The van der Waals surface area contributed by atoms with Gasteiger partial charge in [-0.3, -0.25) is 4.99 Å². The number of nitriles is 1. The molecule has 0 radical (unpaired) electrons. The molecule has 0 amide bonds. The van der Waals surface area contributed by atoms with Gasteiger partial charge in [-0.05, 0) is 54.8 Å². The van der Waals surface area contributed by atoms with Gasteiger partial charge in [-0.15, -0.1) is 11.3 Å². The highest BCUT2D eigenvalue weighted by Gasteiger charge is 2.26. The van der Waals surface area contributed by atoms with Gasteiger partial charge in [0.25, 0.3) is 0 Å². The van der Waals surface area contributed by atoms with Crippen LogP contribution in [0.15, 0.2) is 137 Å². The number of fused-ring (bicyclic) bond motifs is 8. The van der Waals surface area contributed by atoms with Crippen LogP contribution in [0.2, 0.25) is 0 Å². The van der Waals surface area contributed by atoms with Crippen molar-refractivity contribution in [3.63, 3.8) is 0 Å². The average molecular weight is 583 g/mol. The van der Waals surface area contributed by atoms with E-state index in [4.69, 9.17) is 4.99 Å². The van der Waals surface area contributed by atoms with Crippen LogP contribution in [0.4, 0.5) is 5.69 Å². The fourth-order valence-electron chi connectivity index (χ4n) is 6.90. The van der Waals surface area contributed by atoms with Crippen molar-refractivity contribution in [1.82, 2.24) is 4.57 Å². The molecule has 9 rings (SSSR count). The number of para-hydroxylation sites is 2. The van der Waals surface area contributed by atoms with Crippen LogP contribution in [-0.2, 0) is 0 Å². The zero-order valence-electron chi connectivity index (χ0n) is 23.8. The minimum atomic E-state index is -0.0889. The van der Waals surface area contributed by atoms with Crippen LogP contribution in [0.3, 0.4) is 0 Å². The first kappa shape index (κ1) is 25.1. The summed E-state index contributed by atoms with van der Waals surface area (Å²) in [6.07, 6.45) is 5.65. The Bertz CT molecular complexity index is 2450. The average Bonchev–Trinajstić information content (AvgIpc) is 3.64. The maximum Gasteiger partial charge on any atom is 0.133 e. The van der Waals surface area contributed by atoms with E-state index in [0.717, 1.165) is 41.2 Å². The van der Waals surface area contributed by atoms with Gasteiger partial charge in [-0.1, -0.05) is 84.9 Å². The first-order valence-corrected chi connectivity index (χ1v) is 15.8. The van der Waals surface area contributed by atoms with Crippen LogP contribution in [0.5, 0.6) is 0 Å². The Kier molecular flexibility index (Phi) is 5.59. The van der Waals surface area contributed by atoms with Gasteiger partial charge in [0, 0.05) is 54.3 Å². The number of nitrogens with zero attached hydrogens (tertiary/aromatic N) is 3. The first-order valence-electron chi connectivity index (χ1n) is 14.9. The third-order valence-corrected chi connectivity index (χ3v) is 10.2. The molecule has 0 saturated heterocycles. The Hall–Kier alpha value is -5.44. The van der Waals surface area contributed by atoms with Gasteiger partial charge in [0.15, 0.2) is 0 Å². The van der Waals surface area contributed by atoms with E-state index in [2.05, 4.69) is 131 Å². The second kappa shape index (κ2) is 9.80. The van der Waals surface area contributed by atoms with Crippen LogP contribution in [0, 0.1) is 11.3 Å². The molecule has 1 unspecified atom stereocenters. The summed E-state index contributed by atoms with van der Waals surface area (Å²) in [4.78, 5) is 5.31. The van der Waals surface area contributed by atoms with E-state index in [1.54, 1.807) is 0 Å². The Morgan fingerprint density at radius 2 is 1.59 bits per heavy atom. The van der Waals surface area contributed by atoms with Gasteiger partial charge in [-0.2, -0.15) is 5.26 Å². The van der Waals surface area contributed by atoms with Crippen molar-refractivity contribution < 1.29 is 0 Å². The highest BCUT2D eigenvalue weighted by Crippen LogP contribution is 2.43. The molecule has 3 heterocycles. The smallest absolute Gasteiger partial charge is 0.133 e. The molecule has 0 fully saturated rings. The van der Waals surface area contributed by atoms with Crippen LogP contribution in [0.25, 0.3) is 47.7 Å². The molecule has 1 N–H and O–H groups in total. The zero-order valence-corrected chi connectivity index (χ0v) is 24.6. The number of benzene rings is 5. The lowest BCUT2D eigenvalue weighted by molar-refractivity contribution is 0.759. The number of anilines is 1. The normalized spacial score (nSPS) is 16.3. The molecular weight excluding hydrogens is 557 g/mol. The van der Waals surface area contributed by atoms with Crippen molar-refractivity contribution in [3.8, 4) is 11.8 Å². The fraction of sp³-hybridized carbons (Fsp3) is 0.0769. The van der Waals surface area contributed by atoms with Gasteiger partial charge < -0.3 is 9.88 Å². The molecule has 7 aromatic rings. The number of aliphatic imine (C=N–C) groups is 1. The molecular formula is C39H26N4S. The number of thiophene rings is 1. The predicted molar refractivity (Wildman–Crippen MR) is 184 cm³/mol. The topological polar surface area (TPSA) is 53.1 Å². The molecule has 1 aliphatic heterocycles. The highest BCUT2D eigenvalue weighted by atomic mass is 32.1. The molecule has 0 saturated carbocycles. The lowest BCUT2D eigenvalue weighted by Gasteiger charge is -2.28. The fourth-order valence-corrected chi connectivity index (χ4v) is 8.14. The Balaban J connectivity index is 1.25. The van der Waals surface area contributed by atoms with Gasteiger partial charge in [0.2, 0.25) is 0 Å². The largest absolute Gasteiger partial charge is 0.340 e. The molecule has 0 spiro atoms. The summed E-state index contributed by atoms with van der Waals surface area (Å²) in [6.45, 7) is 0. The third kappa shape index (κ3) is 3.78. The molecule has 2 aromatic heterocycles. The molecule has 0 bridgehead atoms. The molecule has 1 atom stereocenters. The van der Waals surface area contributed by atoms with Crippen molar-refractivity contribution >= 4 is 64.8 Å². The van der Waals surface area contributed by atoms with Crippen molar-refractivity contribution in [2.75, 3.05) is 5.32 Å². The van der Waals surface area contributed by atoms with Crippen molar-refractivity contribution in [2.24, 2.45) is 4.99 Å². The van der Waals surface area contributed by atoms with E-state index in [0.29, 0.717) is 0 Å². The minimum Gasteiger partial charge on any atom is -0.340 e. The SMILES string of the molecule is N#CC1=CC=C(C2N=C(c3cccc(-n4c5ccccc5c5ccc6c7ccccc7sc6c54)c3)Nc3ccccc32)CC1. The van der Waals surface area contributed by atoms with E-state index in [1.807, 2.05) is 17.4 Å². The van der Waals surface area contributed by atoms with Crippen LogP contribution in [0.1, 0.15) is 30.0 Å². The van der Waals surface area contributed by atoms with Gasteiger partial charge in [0.05, 0.1) is 21.8 Å². The predicted octanol–water partition coefficient (Wildman–Crippen LogP) is 10.2. The minimum absolute atomic E-state index is 0.0889. The lowest BCUT2D eigenvalue weighted by atomic mass is 9.88. The number of amidine groups is 1. The van der Waals surface area contributed by atoms with E-state index >= 15 is 0 Å². The molecule has 5 aromatic carbocycles. The van der Waals surface area contributed by atoms with Gasteiger partial charge >= 0.3 is 0 Å². The van der Waals surface area contributed by atoms with E-state index in [-0.39, 0.29) is 6.04 Å². The van der Waals surface area contributed by atoms with E-state index in [9.17, 15) is 5.26 Å². The summed E-state index contributed by atoms with van der Waals surface area (Å²) in [5.74, 6) is 0.860. The Morgan fingerprint density at radius 1 is 0.773 bits per heavy atom. The summed E-state index contributed by atoms with van der Waals surface area (Å²) >= 11 is 1.87. The summed E-state index contributed by atoms with van der Waals surface area (Å²) in [7, 11) is 0. The Labute approximate surface area is 258 Å². The summed E-state index contributed by atoms with van der Waals surface area (Å²) in [6, 6.07) is 41.4. The maximum absolute atomic E-state index is 9.38. The third-order valence-electron chi connectivity index (χ3n) is 9.00. The second-order valence-electron chi connectivity index (χ2n) is 11.5. The number of hydrogen-bond acceptors (Lipinski definition) is 4. The summed E-state index contributed by atoms with van der Waals surface area (Å²) < 4.78 is 5.04. The maximum atomic E-state index is 9.38. The summed E-state index contributed by atoms with van der Waals surface area (Å²) in [5.41, 5.74) is 8.90. The molecule has 4 nitrogen and oxygen atoms in total. The number of nitrogens with one attached hydrogen (secondary N) is 1. The number of hydrogen-bond donors (Lipinski definition) is 1. The molecule has 44 heavy (non-hydrogen) atoms. The van der Waals surface area contributed by atoms with Crippen LogP contribution >= 0.6 is 11.3 Å². The monoisotopic (exact) mass is 582 g/mol. The number of rotatable bonds is 3. The number of aromatic nitrogens is 1. The van der Waals surface area contributed by atoms with Crippen molar-refractivity contribution in [3.05, 3.63) is 144 Å². The lowest BCUT2D eigenvalue weighted by Crippen LogP contribution is -2.23. The second-order valence-corrected chi connectivity index (χ2v) is 12.5.